The maximum Gasteiger partial charge on any atom is 0.125 e. The summed E-state index contributed by atoms with van der Waals surface area (Å²) in [6.45, 7) is 4.30. The van der Waals surface area contributed by atoms with Crippen LogP contribution in [0.5, 0.6) is 0 Å². The molecule has 1 atom stereocenters. The summed E-state index contributed by atoms with van der Waals surface area (Å²) in [5.74, 6) is 2.39. The Morgan fingerprint density at radius 1 is 1.29 bits per heavy atom. The van der Waals surface area contributed by atoms with Crippen LogP contribution in [0.15, 0.2) is 41.0 Å². The van der Waals surface area contributed by atoms with E-state index in [0.29, 0.717) is 11.9 Å². The van der Waals surface area contributed by atoms with Gasteiger partial charge in [0.2, 0.25) is 0 Å². The number of rotatable bonds is 5. The van der Waals surface area contributed by atoms with Crippen LogP contribution >= 0.6 is 11.6 Å². The van der Waals surface area contributed by atoms with E-state index in [1.54, 1.807) is 6.26 Å². The van der Waals surface area contributed by atoms with Crippen molar-refractivity contribution in [3.63, 3.8) is 0 Å². The molecule has 2 aromatic heterocycles. The lowest BCUT2D eigenvalue weighted by atomic mass is 10.1. The number of halogens is 1. The number of hydrogen-bond donors (Lipinski definition) is 0. The van der Waals surface area contributed by atoms with Gasteiger partial charge >= 0.3 is 0 Å². The fourth-order valence-electron chi connectivity index (χ4n) is 2.83. The van der Waals surface area contributed by atoms with Crippen LogP contribution in [0.3, 0.4) is 0 Å². The normalized spacial score (nSPS) is 12.9. The zero-order valence-electron chi connectivity index (χ0n) is 12.3. The van der Waals surface area contributed by atoms with Gasteiger partial charge in [-0.1, -0.05) is 12.1 Å². The number of furan rings is 1. The fraction of sp³-hybridized carbons (Fsp3) is 0.353. The molecule has 2 heterocycles. The molecule has 0 aliphatic rings. The fourth-order valence-corrected chi connectivity index (χ4v) is 3.01. The number of benzene rings is 1. The lowest BCUT2D eigenvalue weighted by molar-refractivity contribution is 0.452. The molecule has 0 radical (unpaired) electrons. The molecule has 3 aromatic rings. The molecule has 0 N–H and O–H groups in total. The summed E-state index contributed by atoms with van der Waals surface area (Å²) >= 11 is 6.10. The molecule has 110 valence electrons. The highest BCUT2D eigenvalue weighted by atomic mass is 35.5. The summed E-state index contributed by atoms with van der Waals surface area (Å²) in [6.07, 6.45) is 3.64. The van der Waals surface area contributed by atoms with Gasteiger partial charge < -0.3 is 8.98 Å². The topological polar surface area (TPSA) is 31.0 Å². The Bertz CT molecular complexity index is 731. The van der Waals surface area contributed by atoms with Gasteiger partial charge in [0.1, 0.15) is 11.6 Å². The number of aryl methyl sites for hydroxylation is 2. The maximum atomic E-state index is 6.10. The minimum absolute atomic E-state index is 0.329. The highest BCUT2D eigenvalue weighted by Gasteiger charge is 2.16. The van der Waals surface area contributed by atoms with Gasteiger partial charge in [0.15, 0.2) is 0 Å². The van der Waals surface area contributed by atoms with Crippen molar-refractivity contribution in [3.8, 4) is 0 Å². The Morgan fingerprint density at radius 2 is 2.14 bits per heavy atom. The second-order valence-electron chi connectivity index (χ2n) is 5.44. The van der Waals surface area contributed by atoms with E-state index in [0.717, 1.165) is 35.5 Å². The van der Waals surface area contributed by atoms with Crippen molar-refractivity contribution in [3.05, 3.63) is 53.7 Å². The average Bonchev–Trinajstić information content (AvgIpc) is 3.12. The second kappa shape index (κ2) is 5.94. The van der Waals surface area contributed by atoms with Crippen LogP contribution in [0.4, 0.5) is 0 Å². The number of nitrogens with zero attached hydrogens (tertiary/aromatic N) is 2. The van der Waals surface area contributed by atoms with Gasteiger partial charge in [-0.15, -0.1) is 11.6 Å². The predicted octanol–water partition coefficient (Wildman–Crippen LogP) is 4.87. The lowest BCUT2D eigenvalue weighted by Gasteiger charge is -2.16. The average molecular weight is 303 g/mol. The molecule has 3 rings (SSSR count). The van der Waals surface area contributed by atoms with Gasteiger partial charge in [-0.2, -0.15) is 0 Å². The van der Waals surface area contributed by atoms with E-state index in [1.165, 1.54) is 5.56 Å². The smallest absolute Gasteiger partial charge is 0.125 e. The van der Waals surface area contributed by atoms with Crippen LogP contribution < -0.4 is 0 Å². The molecule has 0 saturated carbocycles. The molecule has 0 bridgehead atoms. The van der Waals surface area contributed by atoms with E-state index in [4.69, 9.17) is 21.0 Å². The Kier molecular flexibility index (Phi) is 4.02. The Balaban J connectivity index is 1.92. The first kappa shape index (κ1) is 14.2. The minimum Gasteiger partial charge on any atom is -0.469 e. The van der Waals surface area contributed by atoms with Crippen molar-refractivity contribution < 1.29 is 4.42 Å². The summed E-state index contributed by atoms with van der Waals surface area (Å²) < 4.78 is 7.68. The second-order valence-corrected chi connectivity index (χ2v) is 5.71. The molecule has 0 amide bonds. The first-order valence-corrected chi connectivity index (χ1v) is 7.79. The Morgan fingerprint density at radius 3 is 2.86 bits per heavy atom. The van der Waals surface area contributed by atoms with Gasteiger partial charge in [0, 0.05) is 12.5 Å². The van der Waals surface area contributed by atoms with E-state index in [2.05, 4.69) is 36.6 Å². The highest BCUT2D eigenvalue weighted by Crippen LogP contribution is 2.27. The molecule has 3 nitrogen and oxygen atoms in total. The van der Waals surface area contributed by atoms with E-state index in [9.17, 15) is 0 Å². The van der Waals surface area contributed by atoms with Crippen LogP contribution in [-0.2, 0) is 12.3 Å². The van der Waals surface area contributed by atoms with Crippen LogP contribution in [-0.4, -0.2) is 9.55 Å². The summed E-state index contributed by atoms with van der Waals surface area (Å²) in [5, 5.41) is 0. The van der Waals surface area contributed by atoms with Gasteiger partial charge in [0.25, 0.3) is 0 Å². The van der Waals surface area contributed by atoms with Crippen molar-refractivity contribution >= 4 is 22.6 Å². The third kappa shape index (κ3) is 2.70. The molecular weight excluding hydrogens is 284 g/mol. The third-order valence-electron chi connectivity index (χ3n) is 3.94. The SMILES string of the molecule is Cc1cccc2c1nc(CCl)n2C(C)CCc1ccco1. The van der Waals surface area contributed by atoms with Crippen LogP contribution in [0.25, 0.3) is 11.0 Å². The quantitative estimate of drug-likeness (QED) is 0.630. The molecular formula is C17H19ClN2O. The van der Waals surface area contributed by atoms with E-state index in [1.807, 2.05) is 12.1 Å². The standard InChI is InChI=1S/C17H19ClN2O/c1-12-5-3-7-15-17(12)19-16(11-18)20(15)13(2)8-9-14-6-4-10-21-14/h3-7,10,13H,8-9,11H2,1-2H3. The largest absolute Gasteiger partial charge is 0.469 e. The lowest BCUT2D eigenvalue weighted by Crippen LogP contribution is -2.09. The van der Waals surface area contributed by atoms with E-state index < -0.39 is 0 Å². The molecule has 0 saturated heterocycles. The predicted molar refractivity (Wildman–Crippen MR) is 85.8 cm³/mol. The van der Waals surface area contributed by atoms with Crippen LogP contribution in [0.2, 0.25) is 0 Å². The number of imidazole rings is 1. The number of aromatic nitrogens is 2. The number of fused-ring (bicyclic) bond motifs is 1. The summed E-state index contributed by atoms with van der Waals surface area (Å²) in [4.78, 5) is 4.70. The monoisotopic (exact) mass is 302 g/mol. The van der Waals surface area contributed by atoms with Crippen molar-refractivity contribution in [1.29, 1.82) is 0 Å². The van der Waals surface area contributed by atoms with Gasteiger partial charge in [-0.25, -0.2) is 4.98 Å². The zero-order chi connectivity index (χ0) is 14.8. The molecule has 0 spiro atoms. The van der Waals surface area contributed by atoms with Gasteiger partial charge in [-0.05, 0) is 44.0 Å². The van der Waals surface area contributed by atoms with Gasteiger partial charge in [-0.3, -0.25) is 0 Å². The molecule has 21 heavy (non-hydrogen) atoms. The molecule has 0 aliphatic heterocycles. The van der Waals surface area contributed by atoms with Crippen molar-refractivity contribution in [2.45, 2.75) is 38.6 Å². The zero-order valence-corrected chi connectivity index (χ0v) is 13.1. The van der Waals surface area contributed by atoms with Crippen molar-refractivity contribution in [2.24, 2.45) is 0 Å². The minimum atomic E-state index is 0.329. The number of alkyl halides is 1. The van der Waals surface area contributed by atoms with Crippen molar-refractivity contribution in [1.82, 2.24) is 9.55 Å². The van der Waals surface area contributed by atoms with Crippen LogP contribution in [0.1, 0.15) is 36.5 Å². The molecule has 4 heteroatoms. The van der Waals surface area contributed by atoms with Crippen LogP contribution in [0, 0.1) is 6.92 Å². The third-order valence-corrected chi connectivity index (χ3v) is 4.18. The van der Waals surface area contributed by atoms with Crippen molar-refractivity contribution in [2.75, 3.05) is 0 Å². The molecule has 0 aliphatic carbocycles. The van der Waals surface area contributed by atoms with Gasteiger partial charge in [0.05, 0.1) is 23.2 Å². The molecule has 0 fully saturated rings. The first-order chi connectivity index (χ1) is 10.2. The first-order valence-electron chi connectivity index (χ1n) is 7.25. The van der Waals surface area contributed by atoms with E-state index >= 15 is 0 Å². The van der Waals surface area contributed by atoms with E-state index in [-0.39, 0.29) is 0 Å². The summed E-state index contributed by atoms with van der Waals surface area (Å²) in [6, 6.07) is 10.6. The molecule has 1 unspecified atom stereocenters. The highest BCUT2D eigenvalue weighted by molar-refractivity contribution is 6.16. The Labute approximate surface area is 129 Å². The summed E-state index contributed by atoms with van der Waals surface area (Å²) in [5.41, 5.74) is 3.41. The summed E-state index contributed by atoms with van der Waals surface area (Å²) in [7, 11) is 0. The number of hydrogen-bond acceptors (Lipinski definition) is 2. The molecule has 1 aromatic carbocycles. The maximum absolute atomic E-state index is 6.10. The number of para-hydroxylation sites is 1. The Hall–Kier alpha value is -1.74.